The van der Waals surface area contributed by atoms with Crippen LogP contribution in [0.4, 0.5) is 0 Å². The largest absolute Gasteiger partial charge is 0.330 e. The second-order valence-corrected chi connectivity index (χ2v) is 6.68. The summed E-state index contributed by atoms with van der Waals surface area (Å²) in [6, 6.07) is 3.48. The standard InChI is InChI=1S/C12H19N3O2S.ClH/c13-8-12-2-1-7-15(9-12)18(16,17)10-11-3-5-14-6-4-11;/h3-6,12H,1-2,7-10,13H2;1H. The van der Waals surface area contributed by atoms with E-state index in [0.29, 0.717) is 25.6 Å². The lowest BCUT2D eigenvalue weighted by Crippen LogP contribution is -2.42. The molecule has 7 heteroatoms. The highest BCUT2D eigenvalue weighted by molar-refractivity contribution is 7.88. The summed E-state index contributed by atoms with van der Waals surface area (Å²) in [5.74, 6) is 0.346. The molecule has 5 nitrogen and oxygen atoms in total. The van der Waals surface area contributed by atoms with Gasteiger partial charge in [-0.25, -0.2) is 12.7 Å². The van der Waals surface area contributed by atoms with Crippen LogP contribution in [0.25, 0.3) is 0 Å². The maximum absolute atomic E-state index is 12.3. The molecule has 1 atom stereocenters. The summed E-state index contributed by atoms with van der Waals surface area (Å²) in [5, 5.41) is 0. The summed E-state index contributed by atoms with van der Waals surface area (Å²) >= 11 is 0. The summed E-state index contributed by atoms with van der Waals surface area (Å²) in [6.07, 6.45) is 5.16. The Morgan fingerprint density at radius 3 is 2.68 bits per heavy atom. The normalized spacial score (nSPS) is 20.8. The fraction of sp³-hybridized carbons (Fsp3) is 0.583. The lowest BCUT2D eigenvalue weighted by Gasteiger charge is -2.31. The third-order valence-corrected chi connectivity index (χ3v) is 5.12. The minimum atomic E-state index is -3.23. The maximum Gasteiger partial charge on any atom is 0.218 e. The second kappa shape index (κ2) is 7.19. The Morgan fingerprint density at radius 1 is 1.37 bits per heavy atom. The van der Waals surface area contributed by atoms with Crippen molar-refractivity contribution in [2.45, 2.75) is 18.6 Å². The minimum absolute atomic E-state index is 0. The summed E-state index contributed by atoms with van der Waals surface area (Å²) < 4.78 is 26.1. The summed E-state index contributed by atoms with van der Waals surface area (Å²) in [6.45, 7) is 1.73. The zero-order valence-corrected chi connectivity index (χ0v) is 12.4. The van der Waals surface area contributed by atoms with Crippen molar-refractivity contribution in [2.24, 2.45) is 11.7 Å². The van der Waals surface area contributed by atoms with Crippen LogP contribution < -0.4 is 5.73 Å². The number of aromatic nitrogens is 1. The van der Waals surface area contributed by atoms with E-state index in [1.165, 1.54) is 0 Å². The molecular formula is C12H20ClN3O2S. The number of sulfonamides is 1. The highest BCUT2D eigenvalue weighted by atomic mass is 35.5. The molecular weight excluding hydrogens is 286 g/mol. The van der Waals surface area contributed by atoms with Gasteiger partial charge in [-0.1, -0.05) is 0 Å². The molecule has 1 saturated heterocycles. The van der Waals surface area contributed by atoms with E-state index in [0.717, 1.165) is 18.4 Å². The van der Waals surface area contributed by atoms with Crippen LogP contribution in [0.3, 0.4) is 0 Å². The van der Waals surface area contributed by atoms with Crippen LogP contribution in [0.15, 0.2) is 24.5 Å². The highest BCUT2D eigenvalue weighted by Crippen LogP contribution is 2.20. The van der Waals surface area contributed by atoms with Gasteiger partial charge in [-0.3, -0.25) is 4.98 Å². The van der Waals surface area contributed by atoms with Crippen molar-refractivity contribution in [3.8, 4) is 0 Å². The summed E-state index contributed by atoms with van der Waals surface area (Å²) in [5.41, 5.74) is 6.41. The molecule has 2 N–H and O–H groups in total. The Morgan fingerprint density at radius 2 is 2.05 bits per heavy atom. The van der Waals surface area contributed by atoms with Crippen molar-refractivity contribution >= 4 is 22.4 Å². The number of rotatable bonds is 4. The van der Waals surface area contributed by atoms with Gasteiger partial charge in [0, 0.05) is 25.5 Å². The zero-order valence-electron chi connectivity index (χ0n) is 10.7. The van der Waals surface area contributed by atoms with Crippen molar-refractivity contribution in [2.75, 3.05) is 19.6 Å². The molecule has 0 aromatic carbocycles. The molecule has 1 aromatic rings. The first kappa shape index (κ1) is 16.4. The first-order chi connectivity index (χ1) is 8.62. The van der Waals surface area contributed by atoms with Crippen molar-refractivity contribution in [3.05, 3.63) is 30.1 Å². The highest BCUT2D eigenvalue weighted by Gasteiger charge is 2.28. The van der Waals surface area contributed by atoms with Crippen molar-refractivity contribution in [1.29, 1.82) is 0 Å². The number of nitrogens with two attached hydrogens (primary N) is 1. The van der Waals surface area contributed by atoms with Gasteiger partial charge in [-0.2, -0.15) is 0 Å². The summed E-state index contributed by atoms with van der Waals surface area (Å²) in [7, 11) is -3.23. The predicted octanol–water partition coefficient (Wildman–Crippen LogP) is 1.00. The zero-order chi connectivity index (χ0) is 13.0. The smallest absolute Gasteiger partial charge is 0.218 e. The quantitative estimate of drug-likeness (QED) is 0.900. The lowest BCUT2D eigenvalue weighted by molar-refractivity contribution is 0.271. The number of hydrogen-bond donors (Lipinski definition) is 1. The predicted molar refractivity (Wildman–Crippen MR) is 77.5 cm³/mol. The maximum atomic E-state index is 12.3. The molecule has 1 aromatic heterocycles. The Kier molecular flexibility index (Phi) is 6.19. The van der Waals surface area contributed by atoms with Crippen molar-refractivity contribution in [1.82, 2.24) is 9.29 Å². The molecule has 108 valence electrons. The summed E-state index contributed by atoms with van der Waals surface area (Å²) in [4.78, 5) is 3.89. The van der Waals surface area contributed by atoms with E-state index in [1.807, 2.05) is 0 Å². The Hall–Kier alpha value is -0.690. The average molecular weight is 306 g/mol. The van der Waals surface area contributed by atoms with Gasteiger partial charge in [0.25, 0.3) is 0 Å². The van der Waals surface area contributed by atoms with E-state index in [-0.39, 0.29) is 18.2 Å². The molecule has 1 aliphatic rings. The first-order valence-electron chi connectivity index (χ1n) is 6.18. The number of nitrogens with zero attached hydrogens (tertiary/aromatic N) is 2. The van der Waals surface area contributed by atoms with E-state index in [9.17, 15) is 8.42 Å². The molecule has 0 amide bonds. The van der Waals surface area contributed by atoms with E-state index in [2.05, 4.69) is 4.98 Å². The molecule has 0 saturated carbocycles. The van der Waals surface area contributed by atoms with Crippen LogP contribution >= 0.6 is 12.4 Å². The van der Waals surface area contributed by atoms with Gasteiger partial charge in [0.15, 0.2) is 0 Å². The van der Waals surface area contributed by atoms with Crippen LogP contribution in [-0.2, 0) is 15.8 Å². The van der Waals surface area contributed by atoms with Crippen LogP contribution in [0, 0.1) is 5.92 Å². The molecule has 1 fully saturated rings. The van der Waals surface area contributed by atoms with Gasteiger partial charge in [0.1, 0.15) is 0 Å². The van der Waals surface area contributed by atoms with Gasteiger partial charge < -0.3 is 5.73 Å². The SMILES string of the molecule is Cl.NCC1CCCN(S(=O)(=O)Cc2ccncc2)C1. The molecule has 0 radical (unpaired) electrons. The van der Waals surface area contributed by atoms with E-state index in [4.69, 9.17) is 5.73 Å². The third kappa shape index (κ3) is 4.42. The van der Waals surface area contributed by atoms with E-state index >= 15 is 0 Å². The van der Waals surface area contributed by atoms with Crippen molar-refractivity contribution < 1.29 is 8.42 Å². The Balaban J connectivity index is 0.00000180. The van der Waals surface area contributed by atoms with Crippen LogP contribution in [0.1, 0.15) is 18.4 Å². The first-order valence-corrected chi connectivity index (χ1v) is 7.79. The second-order valence-electron chi connectivity index (χ2n) is 4.71. The molecule has 19 heavy (non-hydrogen) atoms. The minimum Gasteiger partial charge on any atom is -0.330 e. The molecule has 0 aliphatic carbocycles. The van der Waals surface area contributed by atoms with E-state index in [1.54, 1.807) is 28.8 Å². The fourth-order valence-corrected chi connectivity index (χ4v) is 3.89. The molecule has 1 unspecified atom stereocenters. The Labute approximate surface area is 120 Å². The van der Waals surface area contributed by atoms with Crippen molar-refractivity contribution in [3.63, 3.8) is 0 Å². The van der Waals surface area contributed by atoms with Crippen LogP contribution in [0.2, 0.25) is 0 Å². The molecule has 0 spiro atoms. The Bertz CT molecular complexity index is 481. The number of hydrogen-bond acceptors (Lipinski definition) is 4. The topological polar surface area (TPSA) is 76.3 Å². The monoisotopic (exact) mass is 305 g/mol. The van der Waals surface area contributed by atoms with Gasteiger partial charge in [-0.15, -0.1) is 12.4 Å². The van der Waals surface area contributed by atoms with Gasteiger partial charge in [-0.05, 0) is 43.0 Å². The molecule has 2 heterocycles. The average Bonchev–Trinajstić information content (AvgIpc) is 2.39. The van der Waals surface area contributed by atoms with E-state index < -0.39 is 10.0 Å². The van der Waals surface area contributed by atoms with Gasteiger partial charge in [0.05, 0.1) is 5.75 Å². The number of pyridine rings is 1. The molecule has 2 rings (SSSR count). The van der Waals surface area contributed by atoms with Gasteiger partial charge >= 0.3 is 0 Å². The molecule has 0 bridgehead atoms. The molecule has 1 aliphatic heterocycles. The number of halogens is 1. The van der Waals surface area contributed by atoms with Crippen LogP contribution in [0.5, 0.6) is 0 Å². The fourth-order valence-electron chi connectivity index (χ4n) is 2.25. The van der Waals surface area contributed by atoms with Gasteiger partial charge in [0.2, 0.25) is 10.0 Å². The number of piperidine rings is 1. The van der Waals surface area contributed by atoms with Crippen LogP contribution in [-0.4, -0.2) is 37.3 Å². The third-order valence-electron chi connectivity index (χ3n) is 3.31. The lowest BCUT2D eigenvalue weighted by atomic mass is 10.0.